The van der Waals surface area contributed by atoms with E-state index in [9.17, 15) is 8.42 Å². The molecule has 1 heterocycles. The maximum atomic E-state index is 14.1. The Morgan fingerprint density at radius 1 is 0.697 bits per heavy atom. The summed E-state index contributed by atoms with van der Waals surface area (Å²) in [5, 5.41) is 4.27. The highest BCUT2D eigenvalue weighted by Gasteiger charge is 2.26. The molecule has 160 valence electrons. The Balaban J connectivity index is 1.69. The van der Waals surface area contributed by atoms with E-state index in [0.29, 0.717) is 21.9 Å². The zero-order chi connectivity index (χ0) is 22.6. The van der Waals surface area contributed by atoms with E-state index in [4.69, 9.17) is 16.6 Å². The van der Waals surface area contributed by atoms with Crippen molar-refractivity contribution < 1.29 is 8.42 Å². The van der Waals surface area contributed by atoms with Crippen LogP contribution >= 0.6 is 11.6 Å². The number of aromatic nitrogens is 2. The fraction of sp³-hybridized carbons (Fsp3) is 0. The lowest BCUT2D eigenvalue weighted by molar-refractivity contribution is 0.589. The third kappa shape index (κ3) is 3.20. The first-order chi connectivity index (χ1) is 16.0. The summed E-state index contributed by atoms with van der Waals surface area (Å²) in [4.78, 5) is 4.95. The van der Waals surface area contributed by atoms with Crippen LogP contribution in [-0.4, -0.2) is 17.4 Å². The fourth-order valence-electron chi connectivity index (χ4n) is 4.30. The van der Waals surface area contributed by atoms with Crippen molar-refractivity contribution >= 4 is 54.2 Å². The lowest BCUT2D eigenvalue weighted by Crippen LogP contribution is -2.14. The lowest BCUT2D eigenvalue weighted by atomic mass is 10.0. The summed E-state index contributed by atoms with van der Waals surface area (Å²) in [6.07, 6.45) is 0. The minimum Gasteiger partial charge on any atom is -0.227 e. The summed E-state index contributed by atoms with van der Waals surface area (Å²) in [5.41, 5.74) is 1.75. The van der Waals surface area contributed by atoms with E-state index in [1.807, 2.05) is 72.8 Å². The molecule has 0 radical (unpaired) electrons. The average Bonchev–Trinajstić information content (AvgIpc) is 3.22. The van der Waals surface area contributed by atoms with Gasteiger partial charge in [-0.25, -0.2) is 17.4 Å². The van der Waals surface area contributed by atoms with Gasteiger partial charge in [0, 0.05) is 10.6 Å². The Morgan fingerprint density at radius 3 is 2.27 bits per heavy atom. The topological polar surface area (TPSA) is 52.0 Å². The monoisotopic (exact) mass is 468 g/mol. The first kappa shape index (κ1) is 20.0. The van der Waals surface area contributed by atoms with Crippen molar-refractivity contribution in [2.24, 2.45) is 0 Å². The van der Waals surface area contributed by atoms with E-state index in [2.05, 4.69) is 0 Å². The molecule has 5 aromatic carbocycles. The molecule has 33 heavy (non-hydrogen) atoms. The van der Waals surface area contributed by atoms with Crippen LogP contribution in [-0.2, 0) is 10.0 Å². The number of fused-ring (bicyclic) bond motifs is 3. The first-order valence-electron chi connectivity index (χ1n) is 10.4. The van der Waals surface area contributed by atoms with Crippen molar-refractivity contribution in [3.05, 3.63) is 108 Å². The number of hydrogen-bond donors (Lipinski definition) is 0. The molecule has 0 aliphatic rings. The largest absolute Gasteiger partial charge is 0.270 e. The van der Waals surface area contributed by atoms with Gasteiger partial charge in [0.25, 0.3) is 10.0 Å². The number of halogens is 1. The molecular weight excluding hydrogens is 452 g/mol. The van der Waals surface area contributed by atoms with E-state index < -0.39 is 10.0 Å². The average molecular weight is 469 g/mol. The molecule has 6 aromatic rings. The van der Waals surface area contributed by atoms with Gasteiger partial charge in [-0.05, 0) is 51.9 Å². The van der Waals surface area contributed by atoms with Gasteiger partial charge >= 0.3 is 0 Å². The predicted molar refractivity (Wildman–Crippen MR) is 134 cm³/mol. The van der Waals surface area contributed by atoms with Crippen LogP contribution in [0.3, 0.4) is 0 Å². The van der Waals surface area contributed by atoms with E-state index in [-0.39, 0.29) is 4.90 Å². The van der Waals surface area contributed by atoms with Crippen LogP contribution in [0.1, 0.15) is 0 Å². The summed E-state index contributed by atoms with van der Waals surface area (Å²) in [6, 6.07) is 31.7. The number of imidazole rings is 1. The second-order valence-electron chi connectivity index (χ2n) is 7.87. The van der Waals surface area contributed by atoms with Crippen LogP contribution in [0.4, 0.5) is 0 Å². The maximum Gasteiger partial charge on any atom is 0.270 e. The van der Waals surface area contributed by atoms with Crippen molar-refractivity contribution in [3.63, 3.8) is 0 Å². The molecule has 0 unspecified atom stereocenters. The summed E-state index contributed by atoms with van der Waals surface area (Å²) >= 11 is 6.22. The molecule has 0 amide bonds. The Labute approximate surface area is 195 Å². The van der Waals surface area contributed by atoms with Gasteiger partial charge in [0.2, 0.25) is 0 Å². The zero-order valence-corrected chi connectivity index (χ0v) is 18.9. The second-order valence-corrected chi connectivity index (χ2v) is 10.1. The van der Waals surface area contributed by atoms with Crippen LogP contribution in [0.5, 0.6) is 0 Å². The first-order valence-corrected chi connectivity index (χ1v) is 12.2. The summed E-state index contributed by atoms with van der Waals surface area (Å²) in [7, 11) is -3.96. The lowest BCUT2D eigenvalue weighted by Gasteiger charge is -2.13. The third-order valence-electron chi connectivity index (χ3n) is 5.86. The molecular formula is C27H17ClN2O2S. The Bertz CT molecular complexity index is 1800. The molecule has 0 saturated carbocycles. The van der Waals surface area contributed by atoms with E-state index in [0.717, 1.165) is 27.1 Å². The molecule has 0 fully saturated rings. The number of hydrogen-bond acceptors (Lipinski definition) is 3. The molecule has 1 aromatic heterocycles. The van der Waals surface area contributed by atoms with E-state index in [1.54, 1.807) is 30.3 Å². The van der Waals surface area contributed by atoms with Gasteiger partial charge in [0.05, 0.1) is 15.9 Å². The Hall–Kier alpha value is -3.67. The molecule has 0 aliphatic carbocycles. The van der Waals surface area contributed by atoms with Gasteiger partial charge in [-0.2, -0.15) is 0 Å². The van der Waals surface area contributed by atoms with Crippen molar-refractivity contribution in [1.29, 1.82) is 0 Å². The molecule has 6 rings (SSSR count). The zero-order valence-electron chi connectivity index (χ0n) is 17.3. The fourth-order valence-corrected chi connectivity index (χ4v) is 5.97. The third-order valence-corrected chi connectivity index (χ3v) is 7.80. The van der Waals surface area contributed by atoms with Gasteiger partial charge in [-0.15, -0.1) is 0 Å². The quantitative estimate of drug-likeness (QED) is 0.284. The van der Waals surface area contributed by atoms with E-state index in [1.165, 1.54) is 3.97 Å². The Kier molecular flexibility index (Phi) is 4.50. The van der Waals surface area contributed by atoms with Gasteiger partial charge < -0.3 is 0 Å². The number of rotatable bonds is 3. The predicted octanol–water partition coefficient (Wildman–Crippen LogP) is 6.90. The van der Waals surface area contributed by atoms with Crippen LogP contribution in [0.25, 0.3) is 44.0 Å². The second kappa shape index (κ2) is 7.44. The summed E-state index contributed by atoms with van der Waals surface area (Å²) in [6.45, 7) is 0. The van der Waals surface area contributed by atoms with Crippen molar-refractivity contribution in [1.82, 2.24) is 8.96 Å². The molecule has 0 atom stereocenters. The van der Waals surface area contributed by atoms with Crippen LogP contribution in [0.2, 0.25) is 5.02 Å². The molecule has 6 heteroatoms. The van der Waals surface area contributed by atoms with Crippen molar-refractivity contribution in [2.75, 3.05) is 0 Å². The summed E-state index contributed by atoms with van der Waals surface area (Å²) < 4.78 is 29.5. The van der Waals surface area contributed by atoms with Crippen LogP contribution in [0, 0.1) is 0 Å². The Morgan fingerprint density at radius 2 is 1.42 bits per heavy atom. The van der Waals surface area contributed by atoms with E-state index >= 15 is 0 Å². The minimum absolute atomic E-state index is 0.205. The van der Waals surface area contributed by atoms with Gasteiger partial charge in [0.1, 0.15) is 0 Å². The summed E-state index contributed by atoms with van der Waals surface area (Å²) in [5.74, 6) is 0.359. The van der Waals surface area contributed by atoms with Crippen molar-refractivity contribution in [2.45, 2.75) is 4.90 Å². The molecule has 0 spiro atoms. The normalized spacial score (nSPS) is 12.0. The van der Waals surface area contributed by atoms with Crippen molar-refractivity contribution in [3.8, 4) is 11.4 Å². The molecule has 4 nitrogen and oxygen atoms in total. The highest BCUT2D eigenvalue weighted by atomic mass is 35.5. The standard InChI is InChI=1S/C27H17ClN2O2S/c28-21-13-15-26-25(17-21)29-27(24-11-5-9-19-7-3-4-10-23(19)24)30(26)33(31,32)22-14-12-18-6-1-2-8-20(18)16-22/h1-17H. The highest BCUT2D eigenvalue weighted by molar-refractivity contribution is 7.90. The molecule has 0 aliphatic heterocycles. The number of nitrogens with zero attached hydrogens (tertiary/aromatic N) is 2. The van der Waals surface area contributed by atoms with Crippen LogP contribution in [0.15, 0.2) is 108 Å². The van der Waals surface area contributed by atoms with Gasteiger partial charge in [-0.1, -0.05) is 84.4 Å². The smallest absolute Gasteiger partial charge is 0.227 e. The molecule has 0 saturated heterocycles. The molecule has 0 N–H and O–H groups in total. The number of benzene rings is 5. The van der Waals surface area contributed by atoms with Crippen LogP contribution < -0.4 is 0 Å². The van der Waals surface area contributed by atoms with Gasteiger partial charge in [-0.3, -0.25) is 0 Å². The minimum atomic E-state index is -3.96. The van der Waals surface area contributed by atoms with Gasteiger partial charge in [0.15, 0.2) is 5.82 Å². The molecule has 0 bridgehead atoms. The highest BCUT2D eigenvalue weighted by Crippen LogP contribution is 2.35. The maximum absolute atomic E-state index is 14.1. The SMILES string of the molecule is O=S(=O)(c1ccc2ccccc2c1)n1c(-c2cccc3ccccc23)nc2cc(Cl)ccc21.